The summed E-state index contributed by atoms with van der Waals surface area (Å²) in [6, 6.07) is 9.42. The molecule has 0 aliphatic carbocycles. The molecular weight excluding hydrogens is 377 g/mol. The molecule has 2 N–H and O–H groups in total. The van der Waals surface area contributed by atoms with Crippen LogP contribution in [0.15, 0.2) is 47.3 Å². The van der Waals surface area contributed by atoms with Crippen molar-refractivity contribution in [2.75, 3.05) is 22.9 Å². The average Bonchev–Trinajstić information content (AvgIpc) is 2.77. The molecule has 1 aromatic heterocycles. The van der Waals surface area contributed by atoms with Crippen molar-refractivity contribution in [3.8, 4) is 6.07 Å². The van der Waals surface area contributed by atoms with E-state index in [0.29, 0.717) is 12.0 Å². The Hall–Kier alpha value is -3.17. The molecule has 2 aromatic rings. The first-order valence-electron chi connectivity index (χ1n) is 10.5. The van der Waals surface area contributed by atoms with E-state index in [1.807, 2.05) is 23.1 Å². The summed E-state index contributed by atoms with van der Waals surface area (Å²) < 4.78 is 14.2. The lowest BCUT2D eigenvalue weighted by atomic mass is 9.88. The van der Waals surface area contributed by atoms with E-state index in [1.165, 1.54) is 11.6 Å². The maximum Gasteiger partial charge on any atom is 0.147 e. The first-order valence-corrected chi connectivity index (χ1v) is 10.5. The topological polar surface area (TPSA) is 69.2 Å². The minimum Gasteiger partial charge on any atom is -0.369 e. The van der Waals surface area contributed by atoms with E-state index >= 15 is 0 Å². The number of nitrogens with two attached hydrogens (primary N) is 1. The summed E-state index contributed by atoms with van der Waals surface area (Å²) in [5.74, 6) is 0.457. The third-order valence-electron chi connectivity index (χ3n) is 6.30. The molecule has 5 rings (SSSR count). The second-order valence-corrected chi connectivity index (χ2v) is 8.18. The lowest BCUT2D eigenvalue weighted by Gasteiger charge is -2.40. The Kier molecular flexibility index (Phi) is 4.56. The number of fused-ring (bicyclic) bond motifs is 5. The van der Waals surface area contributed by atoms with Gasteiger partial charge in [-0.2, -0.15) is 5.26 Å². The highest BCUT2D eigenvalue weighted by Gasteiger charge is 2.35. The predicted molar refractivity (Wildman–Crippen MR) is 117 cm³/mol. The fourth-order valence-electron chi connectivity index (χ4n) is 4.88. The average molecular weight is 401 g/mol. The number of allylic oxidation sites excluding steroid dienone is 2. The summed E-state index contributed by atoms with van der Waals surface area (Å²) in [6.07, 6.45) is 7.34. The molecule has 1 fully saturated rings. The number of pyridine rings is 1. The lowest BCUT2D eigenvalue weighted by Crippen LogP contribution is -2.43. The summed E-state index contributed by atoms with van der Waals surface area (Å²) >= 11 is 0. The third kappa shape index (κ3) is 2.89. The molecule has 0 radical (unpaired) electrons. The highest BCUT2D eigenvalue weighted by Crippen LogP contribution is 2.48. The molecule has 0 saturated carbocycles. The molecule has 1 unspecified atom stereocenters. The Balaban J connectivity index is 1.75. The molecule has 1 aromatic carbocycles. The van der Waals surface area contributed by atoms with Crippen LogP contribution in [0.3, 0.4) is 0 Å². The summed E-state index contributed by atoms with van der Waals surface area (Å²) in [6.45, 7) is 3.80. The van der Waals surface area contributed by atoms with Crippen LogP contribution in [0.5, 0.6) is 0 Å². The van der Waals surface area contributed by atoms with Gasteiger partial charge in [0.05, 0.1) is 17.0 Å². The Labute approximate surface area is 175 Å². The number of halogens is 1. The van der Waals surface area contributed by atoms with Crippen LogP contribution in [0.25, 0.3) is 6.08 Å². The lowest BCUT2D eigenvalue weighted by molar-refractivity contribution is 0.506. The minimum atomic E-state index is -0.291. The van der Waals surface area contributed by atoms with Gasteiger partial charge in [0.15, 0.2) is 0 Å². The van der Waals surface area contributed by atoms with E-state index in [9.17, 15) is 9.65 Å². The molecule has 30 heavy (non-hydrogen) atoms. The van der Waals surface area contributed by atoms with Crippen LogP contribution in [-0.4, -0.2) is 24.1 Å². The van der Waals surface area contributed by atoms with Crippen LogP contribution < -0.4 is 15.5 Å². The van der Waals surface area contributed by atoms with Gasteiger partial charge in [-0.25, -0.2) is 9.37 Å². The Morgan fingerprint density at radius 3 is 2.93 bits per heavy atom. The molecule has 6 heteroatoms. The fourth-order valence-corrected chi connectivity index (χ4v) is 4.88. The number of benzene rings is 1. The van der Waals surface area contributed by atoms with Crippen molar-refractivity contribution in [3.63, 3.8) is 0 Å². The molecule has 4 heterocycles. The van der Waals surface area contributed by atoms with Crippen molar-refractivity contribution in [2.45, 2.75) is 38.6 Å². The molecule has 3 aliphatic rings. The van der Waals surface area contributed by atoms with Gasteiger partial charge in [0.1, 0.15) is 17.7 Å². The summed E-state index contributed by atoms with van der Waals surface area (Å²) in [5.41, 5.74) is 12.6. The second-order valence-electron chi connectivity index (χ2n) is 8.18. The van der Waals surface area contributed by atoms with Crippen LogP contribution in [0, 0.1) is 17.1 Å². The first-order chi connectivity index (χ1) is 14.6. The maximum atomic E-state index is 14.2. The van der Waals surface area contributed by atoms with Crippen LogP contribution in [0.4, 0.5) is 21.6 Å². The summed E-state index contributed by atoms with van der Waals surface area (Å²) in [4.78, 5) is 8.97. The molecule has 1 atom stereocenters. The van der Waals surface area contributed by atoms with Gasteiger partial charge < -0.3 is 10.6 Å². The largest absolute Gasteiger partial charge is 0.369 e. The number of nitriles is 1. The SMILES string of the molecule is CCC1=C2C(C#N)=Cc3c(N4CCCC(N)C4)ccnc3N2c2cc(F)ccc2C1. The smallest absolute Gasteiger partial charge is 0.147 e. The van der Waals surface area contributed by atoms with Gasteiger partial charge in [-0.05, 0) is 61.1 Å². The number of anilines is 3. The summed E-state index contributed by atoms with van der Waals surface area (Å²) in [7, 11) is 0. The first kappa shape index (κ1) is 18.8. The van der Waals surface area contributed by atoms with E-state index in [4.69, 9.17) is 10.7 Å². The highest BCUT2D eigenvalue weighted by molar-refractivity contribution is 5.92. The number of hydrogen-bond acceptors (Lipinski definition) is 5. The Morgan fingerprint density at radius 1 is 1.30 bits per heavy atom. The normalized spacial score (nSPS) is 20.2. The summed E-state index contributed by atoms with van der Waals surface area (Å²) in [5, 5.41) is 10.0. The monoisotopic (exact) mass is 401 g/mol. The number of hydrogen-bond donors (Lipinski definition) is 1. The van der Waals surface area contributed by atoms with Gasteiger partial charge in [0.25, 0.3) is 0 Å². The van der Waals surface area contributed by atoms with Crippen LogP contribution >= 0.6 is 0 Å². The van der Waals surface area contributed by atoms with Crippen LogP contribution in [-0.2, 0) is 6.42 Å². The van der Waals surface area contributed by atoms with Gasteiger partial charge in [-0.3, -0.25) is 4.90 Å². The standard InChI is InChI=1S/C24H24FN5/c1-2-15-10-16-5-6-18(25)12-22(16)30-23(15)17(13-26)11-20-21(7-8-28-24(20)30)29-9-3-4-19(27)14-29/h5-8,11-12,19H,2-4,9-10,14,27H2,1H3. The zero-order chi connectivity index (χ0) is 20.8. The Bertz CT molecular complexity index is 1130. The molecular formula is C24H24FN5. The zero-order valence-electron chi connectivity index (χ0n) is 17.0. The van der Waals surface area contributed by atoms with Gasteiger partial charge in [0.2, 0.25) is 0 Å². The van der Waals surface area contributed by atoms with Gasteiger partial charge >= 0.3 is 0 Å². The predicted octanol–water partition coefficient (Wildman–Crippen LogP) is 4.43. The van der Waals surface area contributed by atoms with Crippen molar-refractivity contribution < 1.29 is 4.39 Å². The minimum absolute atomic E-state index is 0.137. The third-order valence-corrected chi connectivity index (χ3v) is 6.30. The molecule has 0 spiro atoms. The number of nitrogens with zero attached hydrogens (tertiary/aromatic N) is 4. The Morgan fingerprint density at radius 2 is 2.17 bits per heavy atom. The molecule has 1 saturated heterocycles. The van der Waals surface area contributed by atoms with Crippen molar-refractivity contribution in [2.24, 2.45) is 5.73 Å². The molecule has 3 aliphatic heterocycles. The second kappa shape index (κ2) is 7.26. The number of piperidine rings is 1. The molecule has 5 nitrogen and oxygen atoms in total. The molecule has 152 valence electrons. The van der Waals surface area contributed by atoms with Crippen molar-refractivity contribution >= 4 is 23.3 Å². The van der Waals surface area contributed by atoms with E-state index in [1.54, 1.807) is 12.3 Å². The number of rotatable bonds is 2. The van der Waals surface area contributed by atoms with E-state index in [2.05, 4.69) is 17.9 Å². The fraction of sp³-hybridized carbons (Fsp3) is 0.333. The van der Waals surface area contributed by atoms with Crippen LogP contribution in [0.1, 0.15) is 37.3 Å². The van der Waals surface area contributed by atoms with Crippen molar-refractivity contribution in [3.05, 3.63) is 64.2 Å². The number of aromatic nitrogens is 1. The molecule has 0 amide bonds. The van der Waals surface area contributed by atoms with Gasteiger partial charge in [-0.15, -0.1) is 0 Å². The highest BCUT2D eigenvalue weighted by atomic mass is 19.1. The van der Waals surface area contributed by atoms with E-state index < -0.39 is 0 Å². The van der Waals surface area contributed by atoms with E-state index in [-0.39, 0.29) is 11.9 Å². The maximum absolute atomic E-state index is 14.2. The van der Waals surface area contributed by atoms with Crippen molar-refractivity contribution in [1.82, 2.24) is 4.98 Å². The van der Waals surface area contributed by atoms with Crippen LogP contribution in [0.2, 0.25) is 0 Å². The van der Waals surface area contributed by atoms with Gasteiger partial charge in [0, 0.05) is 36.6 Å². The van der Waals surface area contributed by atoms with Gasteiger partial charge in [-0.1, -0.05) is 13.0 Å². The zero-order valence-corrected chi connectivity index (χ0v) is 17.0. The quantitative estimate of drug-likeness (QED) is 0.806. The molecule has 0 bridgehead atoms. The van der Waals surface area contributed by atoms with Crippen molar-refractivity contribution in [1.29, 1.82) is 5.26 Å². The van der Waals surface area contributed by atoms with E-state index in [0.717, 1.165) is 66.4 Å².